The number of ether oxygens (including phenoxy) is 1. The molecule has 5 nitrogen and oxygen atoms in total. The molecule has 0 aliphatic rings. The Hall–Kier alpha value is -1.26. The van der Waals surface area contributed by atoms with Crippen LogP contribution < -0.4 is 5.32 Å². The van der Waals surface area contributed by atoms with E-state index in [0.717, 1.165) is 0 Å². The first-order valence-corrected chi connectivity index (χ1v) is 5.79. The summed E-state index contributed by atoms with van der Waals surface area (Å²) >= 11 is 0. The molecular formula is C12H23NO4. The van der Waals surface area contributed by atoms with Gasteiger partial charge in [-0.1, -0.05) is 20.8 Å². The highest BCUT2D eigenvalue weighted by atomic mass is 16.6. The zero-order valence-electron chi connectivity index (χ0n) is 11.2. The Morgan fingerprint density at radius 3 is 2.18 bits per heavy atom. The van der Waals surface area contributed by atoms with Gasteiger partial charge in [0.05, 0.1) is 12.5 Å². The van der Waals surface area contributed by atoms with Crippen LogP contribution in [0, 0.1) is 5.41 Å². The van der Waals surface area contributed by atoms with E-state index in [2.05, 4.69) is 5.32 Å². The van der Waals surface area contributed by atoms with Crippen molar-refractivity contribution in [2.45, 2.75) is 59.6 Å². The molecule has 0 aliphatic heterocycles. The first-order valence-electron chi connectivity index (χ1n) is 5.79. The molecule has 0 radical (unpaired) electrons. The lowest BCUT2D eigenvalue weighted by molar-refractivity contribution is -0.137. The number of carboxylic acid groups (broad SMARTS) is 1. The summed E-state index contributed by atoms with van der Waals surface area (Å²) in [7, 11) is 0. The van der Waals surface area contributed by atoms with Gasteiger partial charge in [0.2, 0.25) is 0 Å². The number of rotatable bonds is 5. The Morgan fingerprint density at radius 1 is 1.29 bits per heavy atom. The summed E-state index contributed by atoms with van der Waals surface area (Å²) in [4.78, 5) is 22.1. The van der Waals surface area contributed by atoms with Crippen LogP contribution in [0.2, 0.25) is 0 Å². The molecule has 5 heteroatoms. The van der Waals surface area contributed by atoms with Crippen LogP contribution in [0.4, 0.5) is 4.79 Å². The second-order valence-electron chi connectivity index (χ2n) is 5.66. The fourth-order valence-corrected chi connectivity index (χ4v) is 1.54. The van der Waals surface area contributed by atoms with Crippen LogP contribution >= 0.6 is 0 Å². The predicted octanol–water partition coefficient (Wildman–Crippen LogP) is 2.40. The van der Waals surface area contributed by atoms with E-state index in [-0.39, 0.29) is 17.9 Å². The third-order valence-corrected chi connectivity index (χ3v) is 1.94. The summed E-state index contributed by atoms with van der Waals surface area (Å²) in [6, 6.07) is -0.404. The first-order chi connectivity index (χ1) is 7.60. The minimum Gasteiger partial charge on any atom is -0.481 e. The molecule has 17 heavy (non-hydrogen) atoms. The number of amides is 1. The first kappa shape index (κ1) is 15.7. The Morgan fingerprint density at radius 2 is 1.82 bits per heavy atom. The minimum absolute atomic E-state index is 0.0504. The largest absolute Gasteiger partial charge is 0.481 e. The Kier molecular flexibility index (Phi) is 5.99. The topological polar surface area (TPSA) is 75.6 Å². The maximum atomic E-state index is 11.4. The van der Waals surface area contributed by atoms with E-state index in [0.29, 0.717) is 6.42 Å². The summed E-state index contributed by atoms with van der Waals surface area (Å²) in [5.74, 6) is -0.927. The van der Waals surface area contributed by atoms with Gasteiger partial charge in [0, 0.05) is 6.04 Å². The maximum absolute atomic E-state index is 11.4. The molecule has 1 amide bonds. The van der Waals surface area contributed by atoms with Crippen molar-refractivity contribution in [2.24, 2.45) is 5.41 Å². The summed E-state index contributed by atoms with van der Waals surface area (Å²) in [6.07, 6.45) is -0.276. The molecule has 100 valence electrons. The minimum atomic E-state index is -0.927. The Balaban J connectivity index is 4.38. The molecule has 0 fully saturated rings. The van der Waals surface area contributed by atoms with Crippen molar-refractivity contribution in [1.29, 1.82) is 0 Å². The molecule has 0 heterocycles. The molecule has 0 bridgehead atoms. The van der Waals surface area contributed by atoms with E-state index in [4.69, 9.17) is 9.84 Å². The van der Waals surface area contributed by atoms with Gasteiger partial charge in [-0.2, -0.15) is 0 Å². The Bertz CT molecular complexity index is 268. The second kappa shape index (κ2) is 6.47. The van der Waals surface area contributed by atoms with Crippen LogP contribution in [-0.4, -0.2) is 29.3 Å². The molecule has 0 saturated heterocycles. The molecule has 0 aromatic heterocycles. The van der Waals surface area contributed by atoms with Gasteiger partial charge < -0.3 is 15.2 Å². The van der Waals surface area contributed by atoms with E-state index >= 15 is 0 Å². The smallest absolute Gasteiger partial charge is 0.407 e. The number of hydrogen-bond donors (Lipinski definition) is 2. The van der Waals surface area contributed by atoms with Crippen LogP contribution in [0.15, 0.2) is 0 Å². The highest BCUT2D eigenvalue weighted by molar-refractivity contribution is 5.71. The summed E-state index contributed by atoms with van der Waals surface area (Å²) in [6.45, 7) is 9.48. The van der Waals surface area contributed by atoms with Crippen molar-refractivity contribution in [3.8, 4) is 0 Å². The lowest BCUT2D eigenvalue weighted by Crippen LogP contribution is -2.40. The fraction of sp³-hybridized carbons (Fsp3) is 0.833. The highest BCUT2D eigenvalue weighted by Gasteiger charge is 2.23. The quantitative estimate of drug-likeness (QED) is 0.779. The third kappa shape index (κ3) is 9.66. The lowest BCUT2D eigenvalue weighted by Gasteiger charge is -2.25. The van der Waals surface area contributed by atoms with Gasteiger partial charge in [-0.15, -0.1) is 0 Å². The average Bonchev–Trinajstić information content (AvgIpc) is 1.95. The number of carboxylic acids is 1. The summed E-state index contributed by atoms with van der Waals surface area (Å²) in [5.41, 5.74) is -0.0504. The van der Waals surface area contributed by atoms with Gasteiger partial charge in [0.1, 0.15) is 0 Å². The van der Waals surface area contributed by atoms with E-state index in [1.165, 1.54) is 0 Å². The van der Waals surface area contributed by atoms with E-state index in [9.17, 15) is 9.59 Å². The Labute approximate surface area is 103 Å². The van der Waals surface area contributed by atoms with Gasteiger partial charge in [-0.25, -0.2) is 4.79 Å². The number of aliphatic carboxylic acids is 1. The van der Waals surface area contributed by atoms with E-state index in [1.807, 2.05) is 20.8 Å². The van der Waals surface area contributed by atoms with Crippen molar-refractivity contribution in [1.82, 2.24) is 5.32 Å². The molecule has 0 saturated carbocycles. The zero-order chi connectivity index (χ0) is 13.6. The molecule has 0 spiro atoms. The highest BCUT2D eigenvalue weighted by Crippen LogP contribution is 2.22. The van der Waals surface area contributed by atoms with E-state index in [1.54, 1.807) is 13.8 Å². The van der Waals surface area contributed by atoms with Gasteiger partial charge >= 0.3 is 12.1 Å². The molecule has 0 aromatic rings. The second-order valence-corrected chi connectivity index (χ2v) is 5.66. The van der Waals surface area contributed by atoms with Crippen LogP contribution in [0.3, 0.4) is 0 Å². The average molecular weight is 245 g/mol. The number of carbonyl (C=O) groups is 2. The van der Waals surface area contributed by atoms with Crippen LogP contribution in [0.25, 0.3) is 0 Å². The maximum Gasteiger partial charge on any atom is 0.407 e. The van der Waals surface area contributed by atoms with Gasteiger partial charge in [0.25, 0.3) is 0 Å². The lowest BCUT2D eigenvalue weighted by atomic mass is 9.87. The van der Waals surface area contributed by atoms with Crippen molar-refractivity contribution >= 4 is 12.1 Å². The van der Waals surface area contributed by atoms with Crippen molar-refractivity contribution in [2.75, 3.05) is 0 Å². The number of nitrogens with one attached hydrogen (secondary N) is 1. The van der Waals surface area contributed by atoms with Crippen LogP contribution in [-0.2, 0) is 9.53 Å². The summed E-state index contributed by atoms with van der Waals surface area (Å²) < 4.78 is 4.93. The molecule has 0 aliphatic carbocycles. The summed E-state index contributed by atoms with van der Waals surface area (Å²) in [5, 5.41) is 11.4. The van der Waals surface area contributed by atoms with Crippen molar-refractivity contribution < 1.29 is 19.4 Å². The van der Waals surface area contributed by atoms with Crippen LogP contribution in [0.1, 0.15) is 47.5 Å². The molecular weight excluding hydrogens is 222 g/mol. The molecule has 1 atom stereocenters. The standard InChI is InChI=1S/C12H23NO4/c1-8(2)17-11(16)13-9(6-10(14)15)7-12(3,4)5/h8-9H,6-7H2,1-5H3,(H,13,16)(H,14,15). The number of hydrogen-bond acceptors (Lipinski definition) is 3. The normalized spacial score (nSPS) is 13.3. The van der Waals surface area contributed by atoms with Crippen molar-refractivity contribution in [3.63, 3.8) is 0 Å². The molecule has 0 aromatic carbocycles. The van der Waals surface area contributed by atoms with E-state index < -0.39 is 18.1 Å². The SMILES string of the molecule is CC(C)OC(=O)NC(CC(=O)O)CC(C)(C)C. The predicted molar refractivity (Wildman–Crippen MR) is 64.9 cm³/mol. The van der Waals surface area contributed by atoms with Crippen LogP contribution in [0.5, 0.6) is 0 Å². The van der Waals surface area contributed by atoms with Gasteiger partial charge in [-0.05, 0) is 25.7 Å². The molecule has 1 unspecified atom stereocenters. The number of carbonyl (C=O) groups excluding carboxylic acids is 1. The van der Waals surface area contributed by atoms with Gasteiger partial charge in [0.15, 0.2) is 0 Å². The van der Waals surface area contributed by atoms with Crippen molar-refractivity contribution in [3.05, 3.63) is 0 Å². The zero-order valence-corrected chi connectivity index (χ0v) is 11.2. The fourth-order valence-electron chi connectivity index (χ4n) is 1.54. The van der Waals surface area contributed by atoms with Gasteiger partial charge in [-0.3, -0.25) is 4.79 Å². The third-order valence-electron chi connectivity index (χ3n) is 1.94. The molecule has 2 N–H and O–H groups in total. The molecule has 0 rings (SSSR count). The monoisotopic (exact) mass is 245 g/mol. The number of alkyl carbamates (subject to hydrolysis) is 1.